The maximum Gasteiger partial charge on any atom is 0.0672 e. The van der Waals surface area contributed by atoms with E-state index in [2.05, 4.69) is 78.0 Å². The van der Waals surface area contributed by atoms with E-state index < -0.39 is 7.92 Å². The van der Waals surface area contributed by atoms with Crippen molar-refractivity contribution in [2.24, 2.45) is 0 Å². The van der Waals surface area contributed by atoms with Crippen LogP contribution in [0.1, 0.15) is 13.3 Å². The quantitative estimate of drug-likeness (QED) is 0.387. The van der Waals surface area contributed by atoms with Gasteiger partial charge in [0.05, 0.1) is 10.9 Å². The lowest BCUT2D eigenvalue weighted by molar-refractivity contribution is 0.481. The van der Waals surface area contributed by atoms with E-state index in [1.54, 1.807) is 0 Å². The second kappa shape index (κ2) is 12.7. The molecule has 28 heavy (non-hydrogen) atoms. The second-order valence-corrected chi connectivity index (χ2v) is 11.4. The molecule has 0 aromatic carbocycles. The lowest BCUT2D eigenvalue weighted by Crippen LogP contribution is -2.21. The Bertz CT molecular complexity index is 758. The molecule has 0 saturated carbocycles. The summed E-state index contributed by atoms with van der Waals surface area (Å²) in [5.41, 5.74) is 2.42. The number of hydrogen-bond donors (Lipinski definition) is 0. The van der Waals surface area contributed by atoms with Crippen LogP contribution in [0, 0.1) is 0 Å². The molecule has 0 saturated heterocycles. The highest BCUT2D eigenvalue weighted by molar-refractivity contribution is 7.71. The molecule has 2 aromatic heterocycles. The van der Waals surface area contributed by atoms with Crippen molar-refractivity contribution in [3.63, 3.8) is 0 Å². The highest BCUT2D eigenvalue weighted by Gasteiger charge is 2.20. The van der Waals surface area contributed by atoms with Gasteiger partial charge in [-0.3, -0.25) is 9.97 Å². The van der Waals surface area contributed by atoms with E-state index in [1.165, 1.54) is 16.2 Å². The van der Waals surface area contributed by atoms with Crippen molar-refractivity contribution in [2.45, 2.75) is 13.3 Å². The van der Waals surface area contributed by atoms with Gasteiger partial charge in [0.2, 0.25) is 0 Å². The zero-order valence-electron chi connectivity index (χ0n) is 17.2. The van der Waals surface area contributed by atoms with Crippen LogP contribution < -0.4 is 10.9 Å². The van der Waals surface area contributed by atoms with Crippen LogP contribution in [0.4, 0.5) is 0 Å². The molecule has 0 amide bonds. The van der Waals surface area contributed by atoms with Crippen molar-refractivity contribution in [1.82, 2.24) is 14.9 Å². The van der Waals surface area contributed by atoms with Gasteiger partial charge >= 0.3 is 0 Å². The summed E-state index contributed by atoms with van der Waals surface area (Å²) in [7, 11) is 3.46. The highest BCUT2D eigenvalue weighted by Crippen LogP contribution is 2.47. The number of hydrogen-bond acceptors (Lipinski definition) is 3. The Kier molecular flexibility index (Phi) is 10.3. The minimum absolute atomic E-state index is 0.329. The van der Waals surface area contributed by atoms with Crippen LogP contribution in [-0.4, -0.2) is 47.6 Å². The van der Waals surface area contributed by atoms with Gasteiger partial charge in [-0.2, -0.15) is 0 Å². The molecule has 0 bridgehead atoms. The van der Waals surface area contributed by atoms with Gasteiger partial charge in [0.15, 0.2) is 0 Å². The minimum Gasteiger partial charge on any atom is -0.305 e. The number of rotatable bonds is 11. The Labute approximate surface area is 172 Å². The molecule has 2 aromatic rings. The fourth-order valence-corrected chi connectivity index (χ4v) is 7.97. The molecule has 0 aliphatic carbocycles. The highest BCUT2D eigenvalue weighted by atomic mass is 31.1. The van der Waals surface area contributed by atoms with Gasteiger partial charge in [0, 0.05) is 18.7 Å². The molecular formula is C23H31N3P2. The predicted octanol–water partition coefficient (Wildman–Crippen LogP) is 4.95. The summed E-state index contributed by atoms with van der Waals surface area (Å²) in [6, 6.07) is 12.5. The number of pyridine rings is 2. The SMILES string of the molecule is C=C(C/C=C\C=C/C)P(CCP(CN(C)C)c1ccccn1)c1ccccn1. The molecule has 2 rings (SSSR count). The molecule has 148 valence electrons. The van der Waals surface area contributed by atoms with Crippen molar-refractivity contribution in [3.8, 4) is 0 Å². The van der Waals surface area contributed by atoms with E-state index in [4.69, 9.17) is 0 Å². The molecule has 2 heterocycles. The topological polar surface area (TPSA) is 29.0 Å². The molecule has 0 aliphatic rings. The Morgan fingerprint density at radius 1 is 1.00 bits per heavy atom. The zero-order chi connectivity index (χ0) is 20.2. The molecule has 3 nitrogen and oxygen atoms in total. The first-order valence-electron chi connectivity index (χ1n) is 9.56. The summed E-state index contributed by atoms with van der Waals surface area (Å²) in [6.07, 6.45) is 16.4. The van der Waals surface area contributed by atoms with Crippen molar-refractivity contribution in [2.75, 3.05) is 32.7 Å². The number of allylic oxidation sites excluding steroid dienone is 5. The number of aromatic nitrogens is 2. The first-order chi connectivity index (χ1) is 13.6. The van der Waals surface area contributed by atoms with Crippen LogP contribution in [0.2, 0.25) is 0 Å². The van der Waals surface area contributed by atoms with Crippen LogP contribution in [0.15, 0.2) is 85.0 Å². The molecule has 2 atom stereocenters. The van der Waals surface area contributed by atoms with Crippen LogP contribution in [0.5, 0.6) is 0 Å². The monoisotopic (exact) mass is 411 g/mol. The van der Waals surface area contributed by atoms with Crippen LogP contribution in [0.25, 0.3) is 0 Å². The van der Waals surface area contributed by atoms with E-state index in [-0.39, 0.29) is 7.92 Å². The molecule has 2 unspecified atom stereocenters. The lowest BCUT2D eigenvalue weighted by Gasteiger charge is -2.25. The van der Waals surface area contributed by atoms with E-state index >= 15 is 0 Å². The normalized spacial score (nSPS) is 14.0. The van der Waals surface area contributed by atoms with Gasteiger partial charge in [-0.1, -0.05) is 43.0 Å². The molecule has 0 aliphatic heterocycles. The maximum absolute atomic E-state index is 4.67. The Balaban J connectivity index is 2.15. The van der Waals surface area contributed by atoms with E-state index in [0.29, 0.717) is 0 Å². The van der Waals surface area contributed by atoms with Crippen LogP contribution in [-0.2, 0) is 0 Å². The molecule has 0 spiro atoms. The molecule has 5 heteroatoms. The second-order valence-electron chi connectivity index (χ2n) is 6.74. The standard InChI is InChI=1S/C23H31N3P2/c1-5-6-7-8-13-21(2)28(23-15-10-12-17-25-23)19-18-27(20-26(3)4)22-14-9-11-16-24-22/h5-12,14-17H,2,13,18-20H2,1,3-4H3/b6-5-,8-7-. The third-order valence-electron chi connectivity index (χ3n) is 4.12. The summed E-state index contributed by atoms with van der Waals surface area (Å²) in [6.45, 7) is 6.47. The third kappa shape index (κ3) is 7.76. The average Bonchev–Trinajstić information content (AvgIpc) is 2.71. The van der Waals surface area contributed by atoms with Gasteiger partial charge in [0.1, 0.15) is 0 Å². The van der Waals surface area contributed by atoms with Gasteiger partial charge in [-0.25, -0.2) is 0 Å². The lowest BCUT2D eigenvalue weighted by atomic mass is 10.3. The van der Waals surface area contributed by atoms with Crippen molar-refractivity contribution < 1.29 is 0 Å². The Morgan fingerprint density at radius 3 is 2.25 bits per heavy atom. The van der Waals surface area contributed by atoms with Crippen molar-refractivity contribution in [3.05, 3.63) is 85.0 Å². The first kappa shape index (κ1) is 22.6. The number of nitrogens with zero attached hydrogens (tertiary/aromatic N) is 3. The predicted molar refractivity (Wildman–Crippen MR) is 128 cm³/mol. The first-order valence-corrected chi connectivity index (χ1v) is 12.8. The van der Waals surface area contributed by atoms with Gasteiger partial charge in [-0.05, 0) is 85.2 Å². The van der Waals surface area contributed by atoms with Gasteiger partial charge in [0.25, 0.3) is 0 Å². The van der Waals surface area contributed by atoms with Gasteiger partial charge < -0.3 is 4.90 Å². The van der Waals surface area contributed by atoms with E-state index in [0.717, 1.165) is 25.0 Å². The minimum atomic E-state index is -0.497. The van der Waals surface area contributed by atoms with Crippen molar-refractivity contribution in [1.29, 1.82) is 0 Å². The third-order valence-corrected chi connectivity index (χ3v) is 9.49. The molecule has 0 fully saturated rings. The van der Waals surface area contributed by atoms with Crippen LogP contribution >= 0.6 is 15.8 Å². The van der Waals surface area contributed by atoms with E-state index in [1.807, 2.05) is 37.5 Å². The molecule has 0 N–H and O–H groups in total. The van der Waals surface area contributed by atoms with Gasteiger partial charge in [-0.15, -0.1) is 0 Å². The summed E-state index contributed by atoms with van der Waals surface area (Å²) < 4.78 is 0. The zero-order valence-corrected chi connectivity index (χ0v) is 19.0. The Hall–Kier alpha value is -1.66. The van der Waals surface area contributed by atoms with E-state index in [9.17, 15) is 0 Å². The smallest absolute Gasteiger partial charge is 0.0672 e. The maximum atomic E-state index is 4.67. The summed E-state index contributed by atoms with van der Waals surface area (Å²) >= 11 is 0. The molecule has 0 radical (unpaired) electrons. The largest absolute Gasteiger partial charge is 0.305 e. The average molecular weight is 411 g/mol. The Morgan fingerprint density at radius 2 is 1.68 bits per heavy atom. The summed E-state index contributed by atoms with van der Waals surface area (Å²) in [5, 5.41) is 1.29. The fourth-order valence-electron chi connectivity index (χ4n) is 2.81. The summed E-state index contributed by atoms with van der Waals surface area (Å²) in [4.78, 5) is 11.6. The van der Waals surface area contributed by atoms with Crippen molar-refractivity contribution >= 4 is 26.7 Å². The molecular weight excluding hydrogens is 380 g/mol. The van der Waals surface area contributed by atoms with Crippen LogP contribution in [0.3, 0.4) is 0 Å². The summed E-state index contributed by atoms with van der Waals surface area (Å²) in [5.74, 6) is 0. The fraction of sp³-hybridized carbons (Fsp3) is 0.304.